The van der Waals surface area contributed by atoms with Crippen molar-refractivity contribution in [3.63, 3.8) is 0 Å². The van der Waals surface area contributed by atoms with E-state index in [9.17, 15) is 27.9 Å². The first-order valence-corrected chi connectivity index (χ1v) is 7.02. The number of halogens is 3. The van der Waals surface area contributed by atoms with E-state index in [1.54, 1.807) is 13.8 Å². The minimum absolute atomic E-state index is 0.0112. The Hall–Kier alpha value is -2.09. The number of hydrogen-bond donors (Lipinski definition) is 3. The van der Waals surface area contributed by atoms with Crippen LogP contribution < -0.4 is 11.1 Å². The molecule has 1 aromatic rings. The number of nitrogens with one attached hydrogen (secondary N) is 1. The Labute approximate surface area is 131 Å². The molecule has 2 amide bonds. The molecular formula is C15H19F3N2O3. The molecule has 0 unspecified atom stereocenters. The predicted octanol–water partition coefficient (Wildman–Crippen LogP) is 1.76. The number of aliphatic hydroxyl groups is 1. The molecule has 0 fully saturated rings. The second-order valence-electron chi connectivity index (χ2n) is 5.30. The highest BCUT2D eigenvalue weighted by Gasteiger charge is 2.31. The molecule has 0 aliphatic heterocycles. The van der Waals surface area contributed by atoms with Gasteiger partial charge in [0.2, 0.25) is 5.91 Å². The highest BCUT2D eigenvalue weighted by atomic mass is 19.4. The van der Waals surface area contributed by atoms with Crippen LogP contribution in [0, 0.1) is 5.92 Å². The number of hydrogen-bond acceptors (Lipinski definition) is 3. The van der Waals surface area contributed by atoms with E-state index < -0.39 is 35.7 Å². The van der Waals surface area contributed by atoms with E-state index in [-0.39, 0.29) is 11.5 Å². The Bertz CT molecular complexity index is 558. The predicted molar refractivity (Wildman–Crippen MR) is 77.0 cm³/mol. The van der Waals surface area contributed by atoms with Gasteiger partial charge in [-0.15, -0.1) is 0 Å². The molecule has 1 rings (SSSR count). The van der Waals surface area contributed by atoms with E-state index in [0.29, 0.717) is 6.42 Å². The molecular weight excluding hydrogens is 313 g/mol. The van der Waals surface area contributed by atoms with Crippen molar-refractivity contribution in [1.82, 2.24) is 5.32 Å². The topological polar surface area (TPSA) is 92.4 Å². The number of rotatable bonds is 6. The van der Waals surface area contributed by atoms with E-state index in [4.69, 9.17) is 5.73 Å². The highest BCUT2D eigenvalue weighted by Crippen LogP contribution is 2.30. The van der Waals surface area contributed by atoms with Gasteiger partial charge in [-0.1, -0.05) is 32.4 Å². The molecule has 0 aliphatic rings. The third-order valence-electron chi connectivity index (χ3n) is 3.62. The van der Waals surface area contributed by atoms with Crippen LogP contribution in [0.2, 0.25) is 0 Å². The van der Waals surface area contributed by atoms with Crippen LogP contribution in [0.3, 0.4) is 0 Å². The molecule has 0 saturated heterocycles. The summed E-state index contributed by atoms with van der Waals surface area (Å²) in [5.74, 6) is -1.88. The molecule has 0 saturated carbocycles. The summed E-state index contributed by atoms with van der Waals surface area (Å²) in [6.45, 7) is 3.51. The number of carbonyl (C=O) groups is 2. The van der Waals surface area contributed by atoms with Gasteiger partial charge in [-0.2, -0.15) is 13.2 Å². The van der Waals surface area contributed by atoms with Gasteiger partial charge in [0.25, 0.3) is 5.91 Å². The molecule has 1 aromatic carbocycles. The van der Waals surface area contributed by atoms with E-state index in [0.717, 1.165) is 24.3 Å². The lowest BCUT2D eigenvalue weighted by molar-refractivity contribution is -0.137. The molecule has 128 valence electrons. The molecule has 0 spiro atoms. The molecule has 4 N–H and O–H groups in total. The summed E-state index contributed by atoms with van der Waals surface area (Å²) in [5, 5.41) is 12.2. The first kappa shape index (κ1) is 19.0. The molecule has 23 heavy (non-hydrogen) atoms. The zero-order chi connectivity index (χ0) is 17.8. The average molecular weight is 332 g/mol. The summed E-state index contributed by atoms with van der Waals surface area (Å²) in [5.41, 5.74) is 4.31. The summed E-state index contributed by atoms with van der Waals surface area (Å²) in [4.78, 5) is 23.3. The van der Waals surface area contributed by atoms with Crippen molar-refractivity contribution in [3.05, 3.63) is 35.4 Å². The molecule has 0 heterocycles. The molecule has 8 heteroatoms. The SMILES string of the molecule is CC[C@H](C)[C@H](NC(=O)[C@@H](O)c1ccc(C(F)(F)F)cc1)C(N)=O. The summed E-state index contributed by atoms with van der Waals surface area (Å²) in [7, 11) is 0. The average Bonchev–Trinajstić information content (AvgIpc) is 2.49. The lowest BCUT2D eigenvalue weighted by Crippen LogP contribution is -2.49. The first-order chi connectivity index (χ1) is 10.6. The molecule has 0 aliphatic carbocycles. The van der Waals surface area contributed by atoms with Crippen LogP contribution >= 0.6 is 0 Å². The van der Waals surface area contributed by atoms with E-state index in [2.05, 4.69) is 5.32 Å². The largest absolute Gasteiger partial charge is 0.416 e. The van der Waals surface area contributed by atoms with Gasteiger partial charge >= 0.3 is 6.18 Å². The molecule has 5 nitrogen and oxygen atoms in total. The number of primary amides is 1. The van der Waals surface area contributed by atoms with Crippen molar-refractivity contribution in [2.45, 2.75) is 38.6 Å². The second kappa shape index (κ2) is 7.45. The van der Waals surface area contributed by atoms with Crippen molar-refractivity contribution >= 4 is 11.8 Å². The Morgan fingerprint density at radius 3 is 2.17 bits per heavy atom. The van der Waals surface area contributed by atoms with Crippen LogP contribution in [-0.2, 0) is 15.8 Å². The molecule has 0 radical (unpaired) electrons. The smallest absolute Gasteiger partial charge is 0.378 e. The Morgan fingerprint density at radius 2 is 1.78 bits per heavy atom. The maximum atomic E-state index is 12.5. The zero-order valence-electron chi connectivity index (χ0n) is 12.7. The Balaban J connectivity index is 2.85. The number of aliphatic hydroxyl groups excluding tert-OH is 1. The second-order valence-corrected chi connectivity index (χ2v) is 5.30. The van der Waals surface area contributed by atoms with E-state index in [1.807, 2.05) is 0 Å². The fourth-order valence-electron chi connectivity index (χ4n) is 1.97. The molecule has 0 bridgehead atoms. The van der Waals surface area contributed by atoms with Gasteiger partial charge in [0.05, 0.1) is 5.56 Å². The first-order valence-electron chi connectivity index (χ1n) is 7.02. The summed E-state index contributed by atoms with van der Waals surface area (Å²) in [6.07, 6.45) is -5.62. The van der Waals surface area contributed by atoms with Gasteiger partial charge in [0.1, 0.15) is 6.04 Å². The fourth-order valence-corrected chi connectivity index (χ4v) is 1.97. The number of benzene rings is 1. The fraction of sp³-hybridized carbons (Fsp3) is 0.467. The van der Waals surface area contributed by atoms with Crippen molar-refractivity contribution in [2.24, 2.45) is 11.7 Å². The zero-order valence-corrected chi connectivity index (χ0v) is 12.7. The molecule has 0 aromatic heterocycles. The number of amides is 2. The normalized spacial score (nSPS) is 15.6. The summed E-state index contributed by atoms with van der Waals surface area (Å²) < 4.78 is 37.4. The van der Waals surface area contributed by atoms with Crippen molar-refractivity contribution < 1.29 is 27.9 Å². The summed E-state index contributed by atoms with van der Waals surface area (Å²) in [6, 6.07) is 2.60. The van der Waals surface area contributed by atoms with Gasteiger partial charge < -0.3 is 16.2 Å². The van der Waals surface area contributed by atoms with Crippen molar-refractivity contribution in [3.8, 4) is 0 Å². The minimum Gasteiger partial charge on any atom is -0.378 e. The van der Waals surface area contributed by atoms with Crippen LogP contribution in [0.5, 0.6) is 0 Å². The van der Waals surface area contributed by atoms with Crippen LogP contribution in [0.25, 0.3) is 0 Å². The van der Waals surface area contributed by atoms with Gasteiger partial charge in [-0.05, 0) is 23.6 Å². The van der Waals surface area contributed by atoms with Crippen LogP contribution in [0.4, 0.5) is 13.2 Å². The monoisotopic (exact) mass is 332 g/mol. The van der Waals surface area contributed by atoms with Crippen molar-refractivity contribution in [1.29, 1.82) is 0 Å². The third kappa shape index (κ3) is 4.95. The van der Waals surface area contributed by atoms with E-state index >= 15 is 0 Å². The van der Waals surface area contributed by atoms with E-state index in [1.165, 1.54) is 0 Å². The van der Waals surface area contributed by atoms with Gasteiger partial charge in [-0.3, -0.25) is 9.59 Å². The summed E-state index contributed by atoms with van der Waals surface area (Å²) >= 11 is 0. The number of nitrogens with two attached hydrogens (primary N) is 1. The Kier molecular flexibility index (Phi) is 6.14. The van der Waals surface area contributed by atoms with Crippen LogP contribution in [-0.4, -0.2) is 23.0 Å². The van der Waals surface area contributed by atoms with Gasteiger partial charge in [0, 0.05) is 0 Å². The van der Waals surface area contributed by atoms with Crippen molar-refractivity contribution in [2.75, 3.05) is 0 Å². The lowest BCUT2D eigenvalue weighted by atomic mass is 9.98. The minimum atomic E-state index is -4.50. The van der Waals surface area contributed by atoms with Gasteiger partial charge in [0.15, 0.2) is 6.10 Å². The molecule has 3 atom stereocenters. The third-order valence-corrected chi connectivity index (χ3v) is 3.62. The standard InChI is InChI=1S/C15H19F3N2O3/c1-3-8(2)11(13(19)22)20-14(23)12(21)9-4-6-10(7-5-9)15(16,17)18/h4-8,11-12,21H,3H2,1-2H3,(H2,19,22)(H,20,23)/t8-,11-,12-/m0/s1. The quantitative estimate of drug-likeness (QED) is 0.741. The maximum Gasteiger partial charge on any atom is 0.416 e. The number of alkyl halides is 3. The number of carbonyl (C=O) groups excluding carboxylic acids is 2. The lowest BCUT2D eigenvalue weighted by Gasteiger charge is -2.22. The maximum absolute atomic E-state index is 12.5. The highest BCUT2D eigenvalue weighted by molar-refractivity contribution is 5.89. The van der Waals surface area contributed by atoms with Gasteiger partial charge in [-0.25, -0.2) is 0 Å². The Morgan fingerprint density at radius 1 is 1.26 bits per heavy atom. The van der Waals surface area contributed by atoms with Crippen LogP contribution in [0.15, 0.2) is 24.3 Å². The van der Waals surface area contributed by atoms with Crippen LogP contribution in [0.1, 0.15) is 37.5 Å².